The summed E-state index contributed by atoms with van der Waals surface area (Å²) in [6.45, 7) is 10.5. The van der Waals surface area contributed by atoms with Crippen molar-refractivity contribution in [2.75, 3.05) is 24.5 Å². The summed E-state index contributed by atoms with van der Waals surface area (Å²) >= 11 is 6.42. The number of aromatic nitrogens is 1. The molecule has 1 heterocycles. The Morgan fingerprint density at radius 2 is 2.20 bits per heavy atom. The first kappa shape index (κ1) is 15.6. The molecule has 0 aliphatic heterocycles. The van der Waals surface area contributed by atoms with Gasteiger partial charge in [-0.15, -0.1) is 0 Å². The average Bonchev–Trinajstić information content (AvgIpc) is 3.20. The predicted molar refractivity (Wildman–Crippen MR) is 86.4 cm³/mol. The lowest BCUT2D eigenvalue weighted by molar-refractivity contribution is 0.552. The largest absolute Gasteiger partial charge is 0.355 e. The summed E-state index contributed by atoms with van der Waals surface area (Å²) in [5.41, 5.74) is 1.15. The minimum absolute atomic E-state index is 0.659. The van der Waals surface area contributed by atoms with Crippen LogP contribution in [0.1, 0.15) is 39.2 Å². The van der Waals surface area contributed by atoms with E-state index in [-0.39, 0.29) is 0 Å². The second-order valence-electron chi connectivity index (χ2n) is 6.16. The number of rotatable bonds is 8. The van der Waals surface area contributed by atoms with Crippen molar-refractivity contribution >= 4 is 17.4 Å². The van der Waals surface area contributed by atoms with Crippen LogP contribution in [0.2, 0.25) is 5.02 Å². The first-order chi connectivity index (χ1) is 9.60. The van der Waals surface area contributed by atoms with E-state index in [0.29, 0.717) is 5.92 Å². The third-order valence-electron chi connectivity index (χ3n) is 3.62. The van der Waals surface area contributed by atoms with Crippen molar-refractivity contribution in [3.05, 3.63) is 22.8 Å². The van der Waals surface area contributed by atoms with Crippen LogP contribution >= 0.6 is 11.6 Å². The fourth-order valence-electron chi connectivity index (χ4n) is 2.28. The molecule has 0 bridgehead atoms. The van der Waals surface area contributed by atoms with Crippen LogP contribution in [-0.4, -0.2) is 24.6 Å². The zero-order valence-electron chi connectivity index (χ0n) is 12.8. The summed E-state index contributed by atoms with van der Waals surface area (Å²) in [6, 6.07) is 2.05. The molecule has 0 radical (unpaired) electrons. The van der Waals surface area contributed by atoms with Crippen LogP contribution in [0.25, 0.3) is 0 Å². The van der Waals surface area contributed by atoms with Crippen molar-refractivity contribution in [2.45, 2.75) is 40.2 Å². The molecule has 0 spiro atoms. The Balaban J connectivity index is 1.96. The zero-order chi connectivity index (χ0) is 14.5. The lowest BCUT2D eigenvalue weighted by Crippen LogP contribution is -2.26. The first-order valence-electron chi connectivity index (χ1n) is 7.70. The van der Waals surface area contributed by atoms with E-state index in [0.717, 1.165) is 48.5 Å². The van der Waals surface area contributed by atoms with Crippen molar-refractivity contribution < 1.29 is 0 Å². The van der Waals surface area contributed by atoms with E-state index >= 15 is 0 Å². The molecule has 3 nitrogen and oxygen atoms in total. The topological polar surface area (TPSA) is 28.2 Å². The van der Waals surface area contributed by atoms with Crippen LogP contribution in [0.15, 0.2) is 12.3 Å². The Morgan fingerprint density at radius 1 is 1.45 bits per heavy atom. The maximum absolute atomic E-state index is 6.42. The highest BCUT2D eigenvalue weighted by molar-refractivity contribution is 6.33. The Hall–Kier alpha value is -0.800. The van der Waals surface area contributed by atoms with Crippen LogP contribution in [0.4, 0.5) is 5.82 Å². The molecule has 0 saturated heterocycles. The van der Waals surface area contributed by atoms with E-state index in [9.17, 15) is 0 Å². The Kier molecular flexibility index (Phi) is 5.67. The van der Waals surface area contributed by atoms with Crippen LogP contribution in [0.3, 0.4) is 0 Å². The summed E-state index contributed by atoms with van der Waals surface area (Å²) in [7, 11) is 0. The first-order valence-corrected chi connectivity index (χ1v) is 8.08. The van der Waals surface area contributed by atoms with Crippen LogP contribution in [-0.2, 0) is 6.54 Å². The van der Waals surface area contributed by atoms with Crippen molar-refractivity contribution in [2.24, 2.45) is 11.8 Å². The molecule has 1 aromatic heterocycles. The maximum atomic E-state index is 6.42. The number of pyridine rings is 1. The van der Waals surface area contributed by atoms with E-state index < -0.39 is 0 Å². The minimum Gasteiger partial charge on any atom is -0.355 e. The summed E-state index contributed by atoms with van der Waals surface area (Å²) in [5.74, 6) is 2.45. The van der Waals surface area contributed by atoms with Crippen LogP contribution in [0, 0.1) is 11.8 Å². The normalized spacial score (nSPS) is 14.8. The number of nitrogens with one attached hydrogen (secondary N) is 1. The van der Waals surface area contributed by atoms with Gasteiger partial charge in [-0.3, -0.25) is 0 Å². The molecule has 1 aliphatic rings. The molecule has 0 aromatic carbocycles. The zero-order valence-corrected chi connectivity index (χ0v) is 13.6. The van der Waals surface area contributed by atoms with Gasteiger partial charge in [-0.25, -0.2) is 4.98 Å². The fraction of sp³-hybridized carbons (Fsp3) is 0.688. The number of halogens is 1. The monoisotopic (exact) mass is 295 g/mol. The maximum Gasteiger partial charge on any atom is 0.147 e. The number of anilines is 1. The fourth-order valence-corrected chi connectivity index (χ4v) is 2.59. The molecule has 4 heteroatoms. The molecule has 112 valence electrons. The van der Waals surface area contributed by atoms with Gasteiger partial charge >= 0.3 is 0 Å². The van der Waals surface area contributed by atoms with Gasteiger partial charge in [-0.2, -0.15) is 0 Å². The molecular formula is C16H26ClN3. The smallest absolute Gasteiger partial charge is 0.147 e. The molecule has 1 aromatic rings. The standard InChI is InChI=1S/C16H26ClN3/c1-4-20(11-13-5-6-13)16-15(17)7-14(10-19-16)9-18-8-12(2)3/h7,10,12-13,18H,4-6,8-9,11H2,1-3H3. The lowest BCUT2D eigenvalue weighted by atomic mass is 10.2. The quantitative estimate of drug-likeness (QED) is 0.792. The second kappa shape index (κ2) is 7.28. The highest BCUT2D eigenvalue weighted by atomic mass is 35.5. The van der Waals surface area contributed by atoms with E-state index in [4.69, 9.17) is 11.6 Å². The molecule has 1 fully saturated rings. The minimum atomic E-state index is 0.659. The van der Waals surface area contributed by atoms with Gasteiger partial charge in [0.05, 0.1) is 5.02 Å². The third-order valence-corrected chi connectivity index (χ3v) is 3.90. The Bertz CT molecular complexity index is 430. The van der Waals surface area contributed by atoms with Crippen molar-refractivity contribution in [3.8, 4) is 0 Å². The van der Waals surface area contributed by atoms with E-state index in [2.05, 4.69) is 36.0 Å². The molecule has 1 N–H and O–H groups in total. The van der Waals surface area contributed by atoms with Gasteiger partial charge in [0.15, 0.2) is 0 Å². The number of nitrogens with zero attached hydrogens (tertiary/aromatic N) is 2. The molecule has 2 rings (SSSR count). The SMILES string of the molecule is CCN(CC1CC1)c1ncc(CNCC(C)C)cc1Cl. The summed E-state index contributed by atoms with van der Waals surface area (Å²) in [4.78, 5) is 6.88. The van der Waals surface area contributed by atoms with Crippen molar-refractivity contribution in [1.29, 1.82) is 0 Å². The number of hydrogen-bond acceptors (Lipinski definition) is 3. The Labute approximate surface area is 127 Å². The van der Waals surface area contributed by atoms with E-state index in [1.807, 2.05) is 12.3 Å². The molecule has 0 unspecified atom stereocenters. The van der Waals surface area contributed by atoms with Gasteiger partial charge in [0.2, 0.25) is 0 Å². The Morgan fingerprint density at radius 3 is 2.75 bits per heavy atom. The molecule has 1 aliphatic carbocycles. The highest BCUT2D eigenvalue weighted by Gasteiger charge is 2.25. The summed E-state index contributed by atoms with van der Waals surface area (Å²) < 4.78 is 0. The van der Waals surface area contributed by atoms with E-state index in [1.165, 1.54) is 12.8 Å². The van der Waals surface area contributed by atoms with Crippen molar-refractivity contribution in [1.82, 2.24) is 10.3 Å². The molecule has 0 amide bonds. The van der Waals surface area contributed by atoms with Gasteiger partial charge < -0.3 is 10.2 Å². The third kappa shape index (κ3) is 4.64. The van der Waals surface area contributed by atoms with Gasteiger partial charge in [0.25, 0.3) is 0 Å². The predicted octanol–water partition coefficient (Wildman–Crippen LogP) is 3.72. The lowest BCUT2D eigenvalue weighted by Gasteiger charge is -2.23. The van der Waals surface area contributed by atoms with Crippen LogP contribution in [0.5, 0.6) is 0 Å². The van der Waals surface area contributed by atoms with Gasteiger partial charge in [0, 0.05) is 25.8 Å². The molecule has 20 heavy (non-hydrogen) atoms. The van der Waals surface area contributed by atoms with Gasteiger partial charge in [-0.05, 0) is 49.8 Å². The van der Waals surface area contributed by atoms with Crippen LogP contribution < -0.4 is 10.2 Å². The van der Waals surface area contributed by atoms with Crippen molar-refractivity contribution in [3.63, 3.8) is 0 Å². The van der Waals surface area contributed by atoms with Gasteiger partial charge in [0.1, 0.15) is 5.82 Å². The highest BCUT2D eigenvalue weighted by Crippen LogP contribution is 2.32. The summed E-state index contributed by atoms with van der Waals surface area (Å²) in [5, 5.41) is 4.20. The summed E-state index contributed by atoms with van der Waals surface area (Å²) in [6.07, 6.45) is 4.65. The van der Waals surface area contributed by atoms with E-state index in [1.54, 1.807) is 0 Å². The van der Waals surface area contributed by atoms with Gasteiger partial charge in [-0.1, -0.05) is 25.4 Å². The molecular weight excluding hydrogens is 270 g/mol. The molecule has 0 atom stereocenters. The average molecular weight is 296 g/mol. The second-order valence-corrected chi connectivity index (χ2v) is 6.56. The molecule has 1 saturated carbocycles. The number of hydrogen-bond donors (Lipinski definition) is 1.